The molecule has 1 aliphatic heterocycles. The van der Waals surface area contributed by atoms with Crippen molar-refractivity contribution in [3.05, 3.63) is 54.0 Å². The van der Waals surface area contributed by atoms with Crippen LogP contribution in [-0.2, 0) is 14.8 Å². The average Bonchev–Trinajstić information content (AvgIpc) is 3.44. The summed E-state index contributed by atoms with van der Waals surface area (Å²) < 4.78 is 31.2. The van der Waals surface area contributed by atoms with Gasteiger partial charge in [-0.15, -0.1) is 0 Å². The van der Waals surface area contributed by atoms with Crippen molar-refractivity contribution >= 4 is 27.7 Å². The van der Waals surface area contributed by atoms with E-state index in [0.29, 0.717) is 13.1 Å². The second-order valence-corrected chi connectivity index (χ2v) is 8.24. The molecular formula is C18H20N4O6S. The molecule has 0 unspecified atom stereocenters. The number of benzene rings is 1. The van der Waals surface area contributed by atoms with Gasteiger partial charge in [-0.3, -0.25) is 25.2 Å². The highest BCUT2D eigenvalue weighted by Crippen LogP contribution is 2.21. The predicted molar refractivity (Wildman–Crippen MR) is 101 cm³/mol. The molecule has 1 aromatic heterocycles. The number of carbonyl (C=O) groups is 3. The van der Waals surface area contributed by atoms with Crippen LogP contribution in [0.5, 0.6) is 0 Å². The SMILES string of the molecule is O=C(CNC(=O)c1ccco1)NNC(=O)c1ccc(S(=O)(=O)N2CCCC2)cc1. The third-order valence-electron chi connectivity index (χ3n) is 4.29. The van der Waals surface area contributed by atoms with Gasteiger partial charge in [-0.2, -0.15) is 4.31 Å². The summed E-state index contributed by atoms with van der Waals surface area (Å²) in [4.78, 5) is 35.6. The van der Waals surface area contributed by atoms with E-state index in [1.165, 1.54) is 47.0 Å². The van der Waals surface area contributed by atoms with Crippen LogP contribution in [0.1, 0.15) is 33.8 Å². The van der Waals surface area contributed by atoms with Gasteiger partial charge in [-0.05, 0) is 49.2 Å². The molecule has 29 heavy (non-hydrogen) atoms. The van der Waals surface area contributed by atoms with E-state index in [0.717, 1.165) is 12.8 Å². The number of hydrogen-bond donors (Lipinski definition) is 3. The van der Waals surface area contributed by atoms with Crippen LogP contribution in [0.25, 0.3) is 0 Å². The molecule has 3 N–H and O–H groups in total. The van der Waals surface area contributed by atoms with Gasteiger partial charge < -0.3 is 9.73 Å². The number of nitrogens with zero attached hydrogens (tertiary/aromatic N) is 1. The van der Waals surface area contributed by atoms with Gasteiger partial charge in [0.25, 0.3) is 17.7 Å². The zero-order valence-corrected chi connectivity index (χ0v) is 16.2. The lowest BCUT2D eigenvalue weighted by atomic mass is 10.2. The summed E-state index contributed by atoms with van der Waals surface area (Å²) in [7, 11) is -3.56. The summed E-state index contributed by atoms with van der Waals surface area (Å²) >= 11 is 0. The molecule has 1 fully saturated rings. The van der Waals surface area contributed by atoms with Crippen molar-refractivity contribution in [2.45, 2.75) is 17.7 Å². The molecule has 1 aromatic carbocycles. The van der Waals surface area contributed by atoms with Crippen LogP contribution < -0.4 is 16.2 Å². The Bertz CT molecular complexity index is 980. The van der Waals surface area contributed by atoms with Crippen LogP contribution in [0.15, 0.2) is 52.0 Å². The average molecular weight is 420 g/mol. The standard InChI is InChI=1S/C18H20N4O6S/c23-16(12-19-18(25)15-4-3-11-28-15)20-21-17(24)13-5-7-14(8-6-13)29(26,27)22-9-1-2-10-22/h3-8,11H,1-2,9-10,12H2,(H,19,25)(H,20,23)(H,21,24). The highest BCUT2D eigenvalue weighted by molar-refractivity contribution is 7.89. The largest absolute Gasteiger partial charge is 0.459 e. The molecule has 3 amide bonds. The molecule has 2 aromatic rings. The number of rotatable bonds is 6. The molecular weight excluding hydrogens is 400 g/mol. The Morgan fingerprint density at radius 3 is 2.28 bits per heavy atom. The number of amides is 3. The monoisotopic (exact) mass is 420 g/mol. The Hall–Kier alpha value is -3.18. The fraction of sp³-hybridized carbons (Fsp3) is 0.278. The van der Waals surface area contributed by atoms with Crippen molar-refractivity contribution in [3.63, 3.8) is 0 Å². The van der Waals surface area contributed by atoms with Crippen LogP contribution in [0.4, 0.5) is 0 Å². The number of carbonyl (C=O) groups excluding carboxylic acids is 3. The topological polar surface area (TPSA) is 138 Å². The quantitative estimate of drug-likeness (QED) is 0.573. The molecule has 0 saturated carbocycles. The highest BCUT2D eigenvalue weighted by Gasteiger charge is 2.27. The minimum atomic E-state index is -3.56. The third kappa shape index (κ3) is 5.00. The summed E-state index contributed by atoms with van der Waals surface area (Å²) in [5.41, 5.74) is 4.53. The molecule has 0 spiro atoms. The van der Waals surface area contributed by atoms with Crippen molar-refractivity contribution in [2.24, 2.45) is 0 Å². The fourth-order valence-corrected chi connectivity index (χ4v) is 4.27. The molecule has 1 aliphatic rings. The van der Waals surface area contributed by atoms with E-state index in [4.69, 9.17) is 4.42 Å². The van der Waals surface area contributed by atoms with Crippen LogP contribution >= 0.6 is 0 Å². The number of hydrogen-bond acceptors (Lipinski definition) is 6. The molecule has 0 radical (unpaired) electrons. The van der Waals surface area contributed by atoms with Gasteiger partial charge in [0.2, 0.25) is 10.0 Å². The summed E-state index contributed by atoms with van der Waals surface area (Å²) in [6.07, 6.45) is 3.00. The first-order chi connectivity index (χ1) is 13.9. The van der Waals surface area contributed by atoms with Gasteiger partial charge in [-0.25, -0.2) is 8.42 Å². The normalized spacial score (nSPS) is 14.3. The van der Waals surface area contributed by atoms with Crippen LogP contribution in [0.2, 0.25) is 0 Å². The van der Waals surface area contributed by atoms with Crippen molar-refractivity contribution in [1.29, 1.82) is 0 Å². The Balaban J connectivity index is 1.49. The van der Waals surface area contributed by atoms with Gasteiger partial charge in [0.15, 0.2) is 5.76 Å². The predicted octanol–water partition coefficient (Wildman–Crippen LogP) is 0.255. The van der Waals surface area contributed by atoms with Crippen LogP contribution in [-0.4, -0.2) is 50.1 Å². The minimum absolute atomic E-state index is 0.0609. The van der Waals surface area contributed by atoms with Gasteiger partial charge in [0.05, 0.1) is 17.7 Å². The van der Waals surface area contributed by atoms with Crippen molar-refractivity contribution in [3.8, 4) is 0 Å². The first-order valence-corrected chi connectivity index (χ1v) is 10.3. The maximum absolute atomic E-state index is 12.5. The Morgan fingerprint density at radius 1 is 0.966 bits per heavy atom. The second-order valence-electron chi connectivity index (χ2n) is 6.30. The summed E-state index contributed by atoms with van der Waals surface area (Å²) in [5.74, 6) is -1.77. The Morgan fingerprint density at radius 2 is 1.66 bits per heavy atom. The van der Waals surface area contributed by atoms with Gasteiger partial charge in [0, 0.05) is 18.7 Å². The van der Waals surface area contributed by atoms with E-state index in [1.807, 2.05) is 0 Å². The molecule has 0 aliphatic carbocycles. The van der Waals surface area contributed by atoms with Gasteiger partial charge in [-0.1, -0.05) is 0 Å². The molecule has 154 valence electrons. The van der Waals surface area contributed by atoms with E-state index < -0.39 is 27.7 Å². The maximum atomic E-state index is 12.5. The molecule has 2 heterocycles. The number of sulfonamides is 1. The smallest absolute Gasteiger partial charge is 0.287 e. The minimum Gasteiger partial charge on any atom is -0.459 e. The molecule has 11 heteroatoms. The van der Waals surface area contributed by atoms with Crippen molar-refractivity contribution in [2.75, 3.05) is 19.6 Å². The molecule has 0 bridgehead atoms. The van der Waals surface area contributed by atoms with E-state index >= 15 is 0 Å². The highest BCUT2D eigenvalue weighted by atomic mass is 32.2. The van der Waals surface area contributed by atoms with E-state index in [-0.39, 0.29) is 22.8 Å². The Labute approximate surface area is 167 Å². The number of furan rings is 1. The third-order valence-corrected chi connectivity index (χ3v) is 6.20. The second kappa shape index (κ2) is 8.88. The first-order valence-electron chi connectivity index (χ1n) is 8.89. The van der Waals surface area contributed by atoms with Crippen LogP contribution in [0, 0.1) is 0 Å². The van der Waals surface area contributed by atoms with Gasteiger partial charge >= 0.3 is 0 Å². The van der Waals surface area contributed by atoms with E-state index in [1.54, 1.807) is 0 Å². The lowest BCUT2D eigenvalue weighted by Crippen LogP contribution is -2.46. The number of nitrogens with one attached hydrogen (secondary N) is 3. The lowest BCUT2D eigenvalue weighted by molar-refractivity contribution is -0.120. The zero-order chi connectivity index (χ0) is 20.9. The van der Waals surface area contributed by atoms with Crippen LogP contribution in [0.3, 0.4) is 0 Å². The molecule has 0 atom stereocenters. The Kier molecular flexibility index (Phi) is 6.29. The number of hydrazine groups is 1. The fourth-order valence-electron chi connectivity index (χ4n) is 2.75. The van der Waals surface area contributed by atoms with E-state index in [9.17, 15) is 22.8 Å². The van der Waals surface area contributed by atoms with Crippen molar-refractivity contribution in [1.82, 2.24) is 20.5 Å². The summed E-state index contributed by atoms with van der Waals surface area (Å²) in [6.45, 7) is 0.618. The zero-order valence-electron chi connectivity index (χ0n) is 15.4. The van der Waals surface area contributed by atoms with Gasteiger partial charge in [0.1, 0.15) is 0 Å². The summed E-state index contributed by atoms with van der Waals surface area (Å²) in [5, 5.41) is 2.33. The maximum Gasteiger partial charge on any atom is 0.287 e. The summed E-state index contributed by atoms with van der Waals surface area (Å²) in [6, 6.07) is 8.42. The molecule has 10 nitrogen and oxygen atoms in total. The molecule has 1 saturated heterocycles. The first kappa shape index (κ1) is 20.6. The lowest BCUT2D eigenvalue weighted by Gasteiger charge is -2.15. The van der Waals surface area contributed by atoms with Crippen molar-refractivity contribution < 1.29 is 27.2 Å². The molecule has 3 rings (SSSR count). The van der Waals surface area contributed by atoms with E-state index in [2.05, 4.69) is 16.2 Å².